The Labute approximate surface area is 180 Å². The summed E-state index contributed by atoms with van der Waals surface area (Å²) in [6.07, 6.45) is 6.19. The SMILES string of the molecule is O=c1[nH]c(O)c(C=c2cnn3c(=NC4CC4)nc(NCc4ccc5c(c4)CCO5)nc23)[nH]1. The van der Waals surface area contributed by atoms with Gasteiger partial charge in [0.1, 0.15) is 11.4 Å². The number of fused-ring (bicyclic) bond motifs is 2. The monoisotopic (exact) mass is 432 g/mol. The van der Waals surface area contributed by atoms with Gasteiger partial charge < -0.3 is 20.1 Å². The van der Waals surface area contributed by atoms with Crippen LogP contribution in [0, 0.1) is 0 Å². The van der Waals surface area contributed by atoms with E-state index in [0.29, 0.717) is 29.0 Å². The lowest BCUT2D eigenvalue weighted by molar-refractivity contribution is 0.357. The number of aromatic hydroxyl groups is 1. The average molecular weight is 432 g/mol. The molecule has 6 rings (SSSR count). The van der Waals surface area contributed by atoms with Gasteiger partial charge in [0, 0.05) is 18.2 Å². The number of imidazole rings is 1. The van der Waals surface area contributed by atoms with E-state index in [9.17, 15) is 9.90 Å². The van der Waals surface area contributed by atoms with Crippen molar-refractivity contribution in [2.75, 3.05) is 11.9 Å². The molecule has 0 bridgehead atoms. The molecule has 0 atom stereocenters. The molecule has 4 heterocycles. The Bertz CT molecular complexity index is 1510. The van der Waals surface area contributed by atoms with Gasteiger partial charge in [0.05, 0.1) is 18.8 Å². The highest BCUT2D eigenvalue weighted by atomic mass is 16.5. The van der Waals surface area contributed by atoms with E-state index in [4.69, 9.17) is 4.74 Å². The third-order valence-electron chi connectivity index (χ3n) is 5.46. The van der Waals surface area contributed by atoms with Crippen molar-refractivity contribution in [2.45, 2.75) is 31.8 Å². The third-order valence-corrected chi connectivity index (χ3v) is 5.46. The van der Waals surface area contributed by atoms with Crippen LogP contribution < -0.4 is 26.6 Å². The number of benzene rings is 1. The number of rotatable bonds is 5. The number of H-pyrrole nitrogens is 2. The molecule has 0 amide bonds. The molecule has 32 heavy (non-hydrogen) atoms. The van der Waals surface area contributed by atoms with E-state index in [-0.39, 0.29) is 17.6 Å². The molecule has 3 aromatic heterocycles. The first-order valence-electron chi connectivity index (χ1n) is 10.4. The minimum Gasteiger partial charge on any atom is -0.493 e. The maximum atomic E-state index is 11.5. The molecule has 11 nitrogen and oxygen atoms in total. The second kappa shape index (κ2) is 7.22. The van der Waals surface area contributed by atoms with Gasteiger partial charge in [-0.3, -0.25) is 4.98 Å². The minimum absolute atomic E-state index is 0.245. The van der Waals surface area contributed by atoms with Crippen LogP contribution in [0.4, 0.5) is 5.95 Å². The molecule has 0 unspecified atom stereocenters. The standard InChI is InChI=1S/C21H20N8O3/c30-18-15(25-21(31)27-18)8-13-10-23-29-17(13)26-19(28-20(29)24-14-2-3-14)22-9-11-1-4-16-12(7-11)5-6-32-16/h1,4,7-8,10,14,30H,2-3,5-6,9H2,(H,22,24,28)(H2,25,27,31). The molecule has 4 aromatic rings. The van der Waals surface area contributed by atoms with E-state index in [1.165, 1.54) is 5.56 Å². The third kappa shape index (κ3) is 3.47. The smallest absolute Gasteiger partial charge is 0.326 e. The molecule has 1 aliphatic heterocycles. The summed E-state index contributed by atoms with van der Waals surface area (Å²) < 4.78 is 7.15. The molecule has 11 heteroatoms. The van der Waals surface area contributed by atoms with Crippen LogP contribution in [0.5, 0.6) is 11.6 Å². The summed E-state index contributed by atoms with van der Waals surface area (Å²) in [4.78, 5) is 30.2. The van der Waals surface area contributed by atoms with Crippen LogP contribution in [-0.4, -0.2) is 47.3 Å². The van der Waals surface area contributed by atoms with Gasteiger partial charge in [-0.1, -0.05) is 12.1 Å². The highest BCUT2D eigenvalue weighted by Crippen LogP contribution is 2.26. The first kappa shape index (κ1) is 18.6. The summed E-state index contributed by atoms with van der Waals surface area (Å²) in [5.41, 5.74) is 3.05. The van der Waals surface area contributed by atoms with Gasteiger partial charge in [-0.2, -0.15) is 19.6 Å². The normalized spacial score (nSPS) is 16.5. The Morgan fingerprint density at radius 2 is 2.22 bits per heavy atom. The van der Waals surface area contributed by atoms with Gasteiger partial charge >= 0.3 is 5.69 Å². The van der Waals surface area contributed by atoms with Gasteiger partial charge in [0.25, 0.3) is 5.62 Å². The molecule has 1 saturated carbocycles. The number of nitrogens with zero attached hydrogens (tertiary/aromatic N) is 5. The van der Waals surface area contributed by atoms with Crippen LogP contribution in [0.25, 0.3) is 11.7 Å². The van der Waals surface area contributed by atoms with Crippen LogP contribution in [0.3, 0.4) is 0 Å². The first-order chi connectivity index (χ1) is 15.6. The van der Waals surface area contributed by atoms with E-state index < -0.39 is 5.69 Å². The minimum atomic E-state index is -0.494. The molecule has 1 fully saturated rings. The zero-order valence-corrected chi connectivity index (χ0v) is 17.0. The van der Waals surface area contributed by atoms with E-state index in [1.807, 2.05) is 12.1 Å². The highest BCUT2D eigenvalue weighted by Gasteiger charge is 2.21. The largest absolute Gasteiger partial charge is 0.493 e. The molecular formula is C21H20N8O3. The second-order valence-corrected chi connectivity index (χ2v) is 7.92. The van der Waals surface area contributed by atoms with E-state index in [0.717, 1.165) is 37.2 Å². The number of anilines is 1. The quantitative estimate of drug-likeness (QED) is 0.347. The van der Waals surface area contributed by atoms with Crippen LogP contribution in [0.2, 0.25) is 0 Å². The van der Waals surface area contributed by atoms with Crippen molar-refractivity contribution in [1.82, 2.24) is 29.5 Å². The molecule has 0 radical (unpaired) electrons. The molecular weight excluding hydrogens is 412 g/mol. The lowest BCUT2D eigenvalue weighted by atomic mass is 10.1. The Morgan fingerprint density at radius 3 is 3.03 bits per heavy atom. The Kier molecular flexibility index (Phi) is 4.20. The number of aromatic nitrogens is 6. The summed E-state index contributed by atoms with van der Waals surface area (Å²) in [5, 5.41) is 18.2. The highest BCUT2D eigenvalue weighted by molar-refractivity contribution is 5.57. The molecule has 2 aliphatic rings. The van der Waals surface area contributed by atoms with Gasteiger partial charge in [-0.15, -0.1) is 0 Å². The molecule has 0 spiro atoms. The topological polar surface area (TPSA) is 146 Å². The fraction of sp³-hybridized carbons (Fsp3) is 0.286. The maximum Gasteiger partial charge on any atom is 0.326 e. The summed E-state index contributed by atoms with van der Waals surface area (Å²) in [7, 11) is 0. The molecule has 1 aliphatic carbocycles. The Hall–Kier alpha value is -4.15. The number of hydrogen-bond donors (Lipinski definition) is 4. The summed E-state index contributed by atoms with van der Waals surface area (Å²) in [6, 6.07) is 6.39. The van der Waals surface area contributed by atoms with Crippen molar-refractivity contribution in [2.24, 2.45) is 4.99 Å². The summed E-state index contributed by atoms with van der Waals surface area (Å²) >= 11 is 0. The maximum absolute atomic E-state index is 11.5. The number of ether oxygens (including phenoxy) is 1. The van der Waals surface area contributed by atoms with Crippen molar-refractivity contribution in [3.05, 3.63) is 62.5 Å². The van der Waals surface area contributed by atoms with Gasteiger partial charge in [0.15, 0.2) is 5.65 Å². The first-order valence-corrected chi connectivity index (χ1v) is 10.4. The van der Waals surface area contributed by atoms with Crippen LogP contribution in [0.15, 0.2) is 34.2 Å². The second-order valence-electron chi connectivity index (χ2n) is 7.92. The van der Waals surface area contributed by atoms with Crippen LogP contribution in [-0.2, 0) is 13.0 Å². The predicted octanol–water partition coefficient (Wildman–Crippen LogP) is 0.00410. The zero-order chi connectivity index (χ0) is 21.7. The van der Waals surface area contributed by atoms with Gasteiger partial charge in [-0.25, -0.2) is 9.79 Å². The molecule has 4 N–H and O–H groups in total. The van der Waals surface area contributed by atoms with E-state index in [2.05, 4.69) is 41.4 Å². The van der Waals surface area contributed by atoms with E-state index >= 15 is 0 Å². The number of hydrogen-bond acceptors (Lipinski definition) is 8. The molecule has 1 aromatic carbocycles. The van der Waals surface area contributed by atoms with E-state index in [1.54, 1.807) is 16.8 Å². The Morgan fingerprint density at radius 1 is 1.31 bits per heavy atom. The van der Waals surface area contributed by atoms with Gasteiger partial charge in [0.2, 0.25) is 11.8 Å². The number of nitrogens with one attached hydrogen (secondary N) is 3. The lowest BCUT2D eigenvalue weighted by Gasteiger charge is -2.07. The van der Waals surface area contributed by atoms with Crippen molar-refractivity contribution >= 4 is 17.7 Å². The van der Waals surface area contributed by atoms with Crippen molar-refractivity contribution in [3.63, 3.8) is 0 Å². The molecule has 162 valence electrons. The van der Waals surface area contributed by atoms with Gasteiger partial charge in [-0.05, 0) is 36.1 Å². The fourth-order valence-electron chi connectivity index (χ4n) is 3.69. The Balaban J connectivity index is 1.40. The lowest BCUT2D eigenvalue weighted by Crippen LogP contribution is -2.24. The average Bonchev–Trinajstić information content (AvgIpc) is 3.16. The van der Waals surface area contributed by atoms with Crippen molar-refractivity contribution < 1.29 is 9.84 Å². The zero-order valence-electron chi connectivity index (χ0n) is 17.0. The predicted molar refractivity (Wildman–Crippen MR) is 114 cm³/mol. The summed E-state index contributed by atoms with van der Waals surface area (Å²) in [5.74, 6) is 1.13. The van der Waals surface area contributed by atoms with Crippen LogP contribution >= 0.6 is 0 Å². The van der Waals surface area contributed by atoms with Crippen molar-refractivity contribution in [3.8, 4) is 11.6 Å². The van der Waals surface area contributed by atoms with Crippen molar-refractivity contribution in [1.29, 1.82) is 0 Å². The molecule has 0 saturated heterocycles. The summed E-state index contributed by atoms with van der Waals surface area (Å²) in [6.45, 7) is 1.27. The fourth-order valence-corrected chi connectivity index (χ4v) is 3.69. The number of aromatic amines is 2. The van der Waals surface area contributed by atoms with Crippen LogP contribution in [0.1, 0.15) is 29.7 Å².